The molecule has 3 aliphatic heterocycles. The Morgan fingerprint density at radius 2 is 1.47 bits per heavy atom. The number of amides is 3. The van der Waals surface area contributed by atoms with Crippen LogP contribution in [-0.2, 0) is 55.8 Å². The van der Waals surface area contributed by atoms with Gasteiger partial charge in [-0.3, -0.25) is 9.79 Å². The number of rotatable bonds is 15. The van der Waals surface area contributed by atoms with Crippen molar-refractivity contribution in [3.8, 4) is 5.75 Å². The highest BCUT2D eigenvalue weighted by Crippen LogP contribution is 2.40. The molecule has 2 aromatic carbocycles. The van der Waals surface area contributed by atoms with Crippen LogP contribution in [0.15, 0.2) is 41.4 Å². The number of likely N-dealkylation sites (N-methyl/N-ethyl adjacent to an activating group) is 1. The first-order valence-corrected chi connectivity index (χ1v) is 24.9. The molecule has 3 amide bonds. The Morgan fingerprint density at radius 3 is 2.06 bits per heavy atom. The van der Waals surface area contributed by atoms with Crippen LogP contribution in [0.2, 0.25) is 0 Å². The van der Waals surface area contributed by atoms with E-state index >= 15 is 0 Å². The molecular formula is C49H69F3N4O13S. The topological polar surface area (TPSA) is 189 Å². The molecule has 3 heterocycles. The van der Waals surface area contributed by atoms with Crippen LogP contribution in [0.4, 0.5) is 22.8 Å². The van der Waals surface area contributed by atoms with E-state index in [1.165, 1.54) is 15.3 Å². The number of hydrogen-bond acceptors (Lipinski definition) is 14. The number of nitrogens with zero attached hydrogens (tertiary/aromatic N) is 4. The summed E-state index contributed by atoms with van der Waals surface area (Å²) >= 11 is 0. The Kier molecular flexibility index (Phi) is 16.9. The number of piperidine rings is 1. The van der Waals surface area contributed by atoms with Crippen molar-refractivity contribution in [2.24, 2.45) is 4.99 Å². The number of halogens is 3. The number of alkyl halides is 3. The van der Waals surface area contributed by atoms with Gasteiger partial charge >= 0.3 is 24.3 Å². The smallest absolute Gasteiger partial charge is 0.423 e. The Bertz CT molecular complexity index is 2400. The van der Waals surface area contributed by atoms with Crippen molar-refractivity contribution in [1.29, 1.82) is 0 Å². The van der Waals surface area contributed by atoms with E-state index in [0.29, 0.717) is 21.6 Å². The number of aryl methyl sites for hydroxylation is 2. The third-order valence-corrected chi connectivity index (χ3v) is 13.1. The van der Waals surface area contributed by atoms with Crippen molar-refractivity contribution in [3.05, 3.63) is 64.2 Å². The lowest BCUT2D eigenvalue weighted by molar-refractivity contribution is -0.151. The number of aliphatic imine (C=N–C) groups is 1. The normalized spacial score (nSPS) is 19.8. The van der Waals surface area contributed by atoms with E-state index in [0.717, 1.165) is 12.1 Å². The lowest BCUT2D eigenvalue weighted by Crippen LogP contribution is -2.53. The molecule has 3 aliphatic rings. The second-order valence-corrected chi connectivity index (χ2v) is 23.4. The Morgan fingerprint density at radius 1 is 0.857 bits per heavy atom. The molecule has 0 aliphatic carbocycles. The van der Waals surface area contributed by atoms with Gasteiger partial charge in [-0.05, 0) is 144 Å². The summed E-state index contributed by atoms with van der Waals surface area (Å²) in [4.78, 5) is 59.8. The second-order valence-electron chi connectivity index (χ2n) is 21.3. The first-order valence-electron chi connectivity index (χ1n) is 23.3. The summed E-state index contributed by atoms with van der Waals surface area (Å²) in [5.74, 6) is -3.30. The predicted molar refractivity (Wildman–Crippen MR) is 252 cm³/mol. The molecule has 2 saturated heterocycles. The summed E-state index contributed by atoms with van der Waals surface area (Å²) in [6.45, 7) is 20.5. The molecule has 0 radical (unpaired) electrons. The van der Waals surface area contributed by atoms with Gasteiger partial charge in [0.15, 0.2) is 5.79 Å². The fraction of sp³-hybridized carbons (Fsp3) is 0.653. The van der Waals surface area contributed by atoms with Gasteiger partial charge in [-0.1, -0.05) is 6.07 Å². The fourth-order valence-corrected chi connectivity index (χ4v) is 9.41. The van der Waals surface area contributed by atoms with Crippen LogP contribution in [0, 0.1) is 6.92 Å². The largest absolute Gasteiger partial charge is 0.493 e. The molecule has 1 spiro atoms. The van der Waals surface area contributed by atoms with Gasteiger partial charge in [0.1, 0.15) is 40.0 Å². The Labute approximate surface area is 409 Å². The summed E-state index contributed by atoms with van der Waals surface area (Å²) in [6.07, 6.45) is -7.81. The standard InChI is InChI=1S/C49H69F3N4O13S/c1-31-26-33(40(57)67-44(2,3)4)15-14-32(31)17-25-70(61,62)55-20-18-48(19-21-55)41(58)56(43(60)69-46(8,9)10)39(53-48)34-27-35(49(50,51)52)29-36(28-34)64-23-16-37-38(66-47(11,12)65-37)30-63-24-22-54(13)42(59)68-45(5,6)7/h14-15,26-29,37-38H,16-25,30H2,1-13H3/t37-,38+/m0/s1. The van der Waals surface area contributed by atoms with E-state index < -0.39 is 92.0 Å². The Balaban J connectivity index is 1.31. The van der Waals surface area contributed by atoms with E-state index in [9.17, 15) is 40.8 Å². The number of carbonyl (C=O) groups excluding carboxylic acids is 4. The summed E-state index contributed by atoms with van der Waals surface area (Å²) in [5.41, 5.74) is -3.82. The molecule has 0 bridgehead atoms. The maximum atomic E-state index is 14.6. The number of benzene rings is 2. The number of carbonyl (C=O) groups is 4. The van der Waals surface area contributed by atoms with Gasteiger partial charge in [0, 0.05) is 38.7 Å². The fourth-order valence-electron chi connectivity index (χ4n) is 7.94. The third kappa shape index (κ3) is 15.1. The quantitative estimate of drug-likeness (QED) is 0.0947. The molecule has 2 aromatic rings. The summed E-state index contributed by atoms with van der Waals surface area (Å²) < 4.78 is 113. The van der Waals surface area contributed by atoms with Crippen molar-refractivity contribution in [1.82, 2.24) is 14.1 Å². The van der Waals surface area contributed by atoms with Crippen LogP contribution < -0.4 is 4.74 Å². The van der Waals surface area contributed by atoms with Gasteiger partial charge < -0.3 is 38.1 Å². The number of sulfonamides is 1. The molecule has 0 unspecified atom stereocenters. The van der Waals surface area contributed by atoms with Crippen molar-refractivity contribution in [2.75, 3.05) is 52.3 Å². The van der Waals surface area contributed by atoms with Gasteiger partial charge in [-0.2, -0.15) is 18.1 Å². The van der Waals surface area contributed by atoms with Gasteiger partial charge in [0.05, 0.1) is 42.8 Å². The molecule has 0 saturated carbocycles. The number of amidine groups is 1. The summed E-state index contributed by atoms with van der Waals surface area (Å²) in [5, 5.41) is 0. The minimum Gasteiger partial charge on any atom is -0.493 e. The number of esters is 1. The highest BCUT2D eigenvalue weighted by molar-refractivity contribution is 7.89. The molecule has 0 N–H and O–H groups in total. The maximum Gasteiger partial charge on any atom is 0.423 e. The number of ether oxygens (including phenoxy) is 7. The highest BCUT2D eigenvalue weighted by Gasteiger charge is 2.54. The van der Waals surface area contributed by atoms with Crippen molar-refractivity contribution >= 4 is 39.9 Å². The predicted octanol–water partition coefficient (Wildman–Crippen LogP) is 8.07. The highest BCUT2D eigenvalue weighted by atomic mass is 32.2. The van der Waals surface area contributed by atoms with E-state index in [-0.39, 0.29) is 82.2 Å². The molecule has 17 nitrogen and oxygen atoms in total. The molecule has 5 rings (SSSR count). The average molecular weight is 1010 g/mol. The minimum absolute atomic E-state index is 0.0799. The first kappa shape index (κ1) is 56.1. The average Bonchev–Trinajstić information content (AvgIpc) is 3.67. The molecule has 2 fully saturated rings. The van der Waals surface area contributed by atoms with Crippen LogP contribution in [0.1, 0.15) is 128 Å². The van der Waals surface area contributed by atoms with Gasteiger partial charge in [-0.25, -0.2) is 27.1 Å². The molecule has 21 heteroatoms. The number of hydrogen-bond donors (Lipinski definition) is 0. The van der Waals surface area contributed by atoms with E-state index in [4.69, 9.17) is 33.2 Å². The maximum absolute atomic E-state index is 14.6. The monoisotopic (exact) mass is 1010 g/mol. The molecular weight excluding hydrogens is 942 g/mol. The molecule has 390 valence electrons. The van der Waals surface area contributed by atoms with Crippen molar-refractivity contribution < 1.29 is 73.9 Å². The second kappa shape index (κ2) is 21.1. The zero-order valence-electron chi connectivity index (χ0n) is 42.5. The number of imide groups is 1. The van der Waals surface area contributed by atoms with E-state index in [2.05, 4.69) is 4.99 Å². The summed E-state index contributed by atoms with van der Waals surface area (Å²) in [7, 11) is -2.32. The summed E-state index contributed by atoms with van der Waals surface area (Å²) in [6, 6.07) is 7.72. The van der Waals surface area contributed by atoms with Gasteiger partial charge in [0.2, 0.25) is 10.0 Å². The molecule has 2 atom stereocenters. The van der Waals surface area contributed by atoms with Crippen molar-refractivity contribution in [3.63, 3.8) is 0 Å². The van der Waals surface area contributed by atoms with Crippen LogP contribution in [-0.4, -0.2) is 145 Å². The van der Waals surface area contributed by atoms with Crippen LogP contribution in [0.5, 0.6) is 5.75 Å². The first-order chi connectivity index (χ1) is 32.1. The van der Waals surface area contributed by atoms with Crippen LogP contribution >= 0.6 is 0 Å². The zero-order valence-corrected chi connectivity index (χ0v) is 43.4. The molecule has 0 aromatic heterocycles. The lowest BCUT2D eigenvalue weighted by Gasteiger charge is -2.35. The SMILES string of the molecule is Cc1cc(C(=O)OC(C)(C)C)ccc1CCS(=O)(=O)N1CCC2(CC1)N=C(c1cc(OCC[C@@H]3OC(C)(C)O[C@@H]3COCCN(C)C(=O)OC(C)(C)C)cc(C(F)(F)F)c1)N(C(=O)OC(C)(C)C)C2=O. The van der Waals surface area contributed by atoms with E-state index in [1.807, 2.05) is 0 Å². The minimum atomic E-state index is -4.89. The zero-order chi connectivity index (χ0) is 52.4. The van der Waals surface area contributed by atoms with Crippen LogP contribution in [0.3, 0.4) is 0 Å². The van der Waals surface area contributed by atoms with Gasteiger partial charge in [0.25, 0.3) is 5.91 Å². The van der Waals surface area contributed by atoms with E-state index in [1.54, 1.807) is 108 Å². The third-order valence-electron chi connectivity index (χ3n) is 11.3. The van der Waals surface area contributed by atoms with Crippen molar-refractivity contribution in [2.45, 2.75) is 155 Å². The van der Waals surface area contributed by atoms with Crippen LogP contribution in [0.25, 0.3) is 0 Å². The lowest BCUT2D eigenvalue weighted by atomic mass is 9.88. The molecule has 70 heavy (non-hydrogen) atoms. The van der Waals surface area contributed by atoms with Gasteiger partial charge in [-0.15, -0.1) is 0 Å². The Hall–Kier alpha value is -4.83.